The van der Waals surface area contributed by atoms with Crippen LogP contribution < -0.4 is 0 Å². The highest BCUT2D eigenvalue weighted by molar-refractivity contribution is 8.15. The predicted molar refractivity (Wildman–Crippen MR) is 120 cm³/mol. The number of carboxylic acids is 1. The molecule has 3 aliphatic heterocycles. The van der Waals surface area contributed by atoms with Gasteiger partial charge in [0.25, 0.3) is 0 Å². The van der Waals surface area contributed by atoms with Crippen molar-refractivity contribution in [2.24, 2.45) is 16.8 Å². The third kappa shape index (κ3) is 4.18. The van der Waals surface area contributed by atoms with Crippen molar-refractivity contribution in [1.29, 1.82) is 0 Å². The maximum Gasteiger partial charge on any atom is 0.316 e. The van der Waals surface area contributed by atoms with Gasteiger partial charge >= 0.3 is 5.97 Å². The van der Waals surface area contributed by atoms with Crippen LogP contribution in [-0.2, 0) is 20.9 Å². The summed E-state index contributed by atoms with van der Waals surface area (Å²) in [7, 11) is 0. The van der Waals surface area contributed by atoms with Gasteiger partial charge in [-0.1, -0.05) is 67.7 Å². The van der Waals surface area contributed by atoms with Crippen LogP contribution in [0.2, 0.25) is 0 Å². The number of carbonyl (C=O) groups is 2. The van der Waals surface area contributed by atoms with E-state index in [2.05, 4.69) is 13.8 Å². The number of carboxylic acid groups (broad SMARTS) is 1. The highest BCUT2D eigenvalue weighted by Crippen LogP contribution is 2.50. The Hall–Kier alpha value is -1.77. The van der Waals surface area contributed by atoms with E-state index in [-0.39, 0.29) is 23.3 Å². The molecular formula is C22H26N2O4S2. The maximum absolute atomic E-state index is 13.7. The van der Waals surface area contributed by atoms with Gasteiger partial charge in [-0.3, -0.25) is 14.5 Å². The first kappa shape index (κ1) is 21.5. The average Bonchev–Trinajstić information content (AvgIpc) is 3.09. The summed E-state index contributed by atoms with van der Waals surface area (Å²) in [6.45, 7) is 6.82. The van der Waals surface area contributed by atoms with Crippen LogP contribution in [0.4, 0.5) is 0 Å². The SMILES string of the molecule is CC(SC1=NC2SC3=C(CC(C(C)C)OC3)C2C(=O)N1Cc1ccccc1)C(=O)O. The van der Waals surface area contributed by atoms with Crippen LogP contribution in [0.1, 0.15) is 32.8 Å². The Morgan fingerprint density at radius 2 is 2.07 bits per heavy atom. The van der Waals surface area contributed by atoms with E-state index in [1.54, 1.807) is 23.6 Å². The first-order chi connectivity index (χ1) is 14.3. The van der Waals surface area contributed by atoms with E-state index in [1.165, 1.54) is 0 Å². The van der Waals surface area contributed by atoms with E-state index < -0.39 is 11.2 Å². The lowest BCUT2D eigenvalue weighted by Crippen LogP contribution is -2.47. The molecule has 4 atom stereocenters. The summed E-state index contributed by atoms with van der Waals surface area (Å²) >= 11 is 2.74. The Morgan fingerprint density at radius 3 is 2.73 bits per heavy atom. The normalized spacial score (nSPS) is 27.1. The summed E-state index contributed by atoms with van der Waals surface area (Å²) in [5, 5.41) is 8.96. The molecule has 6 nitrogen and oxygen atoms in total. The van der Waals surface area contributed by atoms with Gasteiger partial charge in [-0.25, -0.2) is 4.99 Å². The zero-order valence-corrected chi connectivity index (χ0v) is 18.9. The fourth-order valence-corrected chi connectivity index (χ4v) is 6.21. The summed E-state index contributed by atoms with van der Waals surface area (Å²) in [4.78, 5) is 32.8. The van der Waals surface area contributed by atoms with Crippen LogP contribution in [0.5, 0.6) is 0 Å². The lowest BCUT2D eigenvalue weighted by Gasteiger charge is -2.35. The smallest absolute Gasteiger partial charge is 0.316 e. The number of nitrogens with zero attached hydrogens (tertiary/aromatic N) is 2. The number of hydrogen-bond donors (Lipinski definition) is 1. The molecule has 3 aliphatic rings. The molecule has 4 rings (SSSR count). The predicted octanol–water partition coefficient (Wildman–Crippen LogP) is 3.98. The monoisotopic (exact) mass is 446 g/mol. The minimum Gasteiger partial charge on any atom is -0.480 e. The molecule has 0 bridgehead atoms. The van der Waals surface area contributed by atoms with Crippen molar-refractivity contribution >= 4 is 40.6 Å². The molecule has 30 heavy (non-hydrogen) atoms. The number of amides is 1. The molecule has 0 aromatic heterocycles. The average molecular weight is 447 g/mol. The Labute approximate surface area is 185 Å². The Balaban J connectivity index is 1.65. The zero-order chi connectivity index (χ0) is 21.4. The molecule has 0 saturated heterocycles. The van der Waals surface area contributed by atoms with Crippen molar-refractivity contribution < 1.29 is 19.4 Å². The van der Waals surface area contributed by atoms with Gasteiger partial charge in [-0.05, 0) is 30.4 Å². The molecule has 0 radical (unpaired) electrons. The molecule has 1 N–H and O–H groups in total. The second kappa shape index (κ2) is 8.77. The maximum atomic E-state index is 13.7. The number of aliphatic carboxylic acids is 1. The Kier molecular flexibility index (Phi) is 6.27. The third-order valence-electron chi connectivity index (χ3n) is 5.69. The van der Waals surface area contributed by atoms with Crippen LogP contribution in [0.3, 0.4) is 0 Å². The Bertz CT molecular complexity index is 900. The van der Waals surface area contributed by atoms with Gasteiger partial charge in [-0.2, -0.15) is 0 Å². The first-order valence-corrected chi connectivity index (χ1v) is 11.9. The van der Waals surface area contributed by atoms with Crippen molar-refractivity contribution in [1.82, 2.24) is 4.90 Å². The van der Waals surface area contributed by atoms with Crippen LogP contribution in [0.25, 0.3) is 0 Å². The van der Waals surface area contributed by atoms with Crippen molar-refractivity contribution in [2.45, 2.75) is 50.5 Å². The number of rotatable bonds is 5. The molecule has 0 spiro atoms. The molecule has 4 unspecified atom stereocenters. The second-order valence-corrected chi connectivity index (χ2v) is 10.7. The van der Waals surface area contributed by atoms with Gasteiger partial charge in [0.05, 0.1) is 25.2 Å². The van der Waals surface area contributed by atoms with E-state index in [4.69, 9.17) is 9.73 Å². The molecule has 1 amide bonds. The zero-order valence-electron chi connectivity index (χ0n) is 17.3. The van der Waals surface area contributed by atoms with Crippen molar-refractivity contribution in [2.75, 3.05) is 6.61 Å². The van der Waals surface area contributed by atoms with Crippen LogP contribution in [0, 0.1) is 11.8 Å². The standard InChI is InChI=1S/C22H26N2O4S2/c1-12(2)16-9-15-17(11-28-16)30-19-18(15)20(25)24(10-14-7-5-4-6-8-14)22(23-19)29-13(3)21(26)27/h4-8,12-13,16,18-19H,9-11H2,1-3H3,(H,26,27). The second-order valence-electron chi connectivity index (χ2n) is 8.15. The van der Waals surface area contributed by atoms with Crippen LogP contribution in [0.15, 0.2) is 45.8 Å². The quantitative estimate of drug-likeness (QED) is 0.737. The van der Waals surface area contributed by atoms with Crippen molar-refractivity contribution in [3.05, 3.63) is 46.4 Å². The topological polar surface area (TPSA) is 79.2 Å². The van der Waals surface area contributed by atoms with Gasteiger partial charge in [-0.15, -0.1) is 0 Å². The molecular weight excluding hydrogens is 420 g/mol. The molecule has 0 fully saturated rings. The summed E-state index contributed by atoms with van der Waals surface area (Å²) in [5.41, 5.74) is 2.16. The molecule has 160 valence electrons. The van der Waals surface area contributed by atoms with Crippen molar-refractivity contribution in [3.8, 4) is 0 Å². The minimum atomic E-state index is -0.915. The molecule has 1 aromatic carbocycles. The van der Waals surface area contributed by atoms with Gasteiger partial charge in [0.1, 0.15) is 10.6 Å². The minimum absolute atomic E-state index is 0.0147. The van der Waals surface area contributed by atoms with Gasteiger partial charge < -0.3 is 9.84 Å². The molecule has 1 aromatic rings. The number of hydrogen-bond acceptors (Lipinski definition) is 6. The fourth-order valence-electron chi connectivity index (χ4n) is 3.92. The highest BCUT2D eigenvalue weighted by atomic mass is 32.2. The number of amidine groups is 1. The summed E-state index contributed by atoms with van der Waals surface area (Å²) in [6, 6.07) is 9.76. The summed E-state index contributed by atoms with van der Waals surface area (Å²) < 4.78 is 6.00. The Morgan fingerprint density at radius 1 is 1.33 bits per heavy atom. The highest BCUT2D eigenvalue weighted by Gasteiger charge is 2.48. The van der Waals surface area contributed by atoms with E-state index >= 15 is 0 Å². The number of benzene rings is 1. The van der Waals surface area contributed by atoms with Gasteiger partial charge in [0.15, 0.2) is 5.17 Å². The van der Waals surface area contributed by atoms with Gasteiger partial charge in [0, 0.05) is 4.91 Å². The summed E-state index contributed by atoms with van der Waals surface area (Å²) in [5.74, 6) is -0.806. The van der Waals surface area contributed by atoms with Crippen LogP contribution in [-0.4, -0.2) is 50.4 Å². The molecule has 3 heterocycles. The van der Waals surface area contributed by atoms with Crippen LogP contribution >= 0.6 is 23.5 Å². The molecule has 0 saturated carbocycles. The lowest BCUT2D eigenvalue weighted by molar-refractivity contribution is -0.136. The van der Waals surface area contributed by atoms with Crippen molar-refractivity contribution in [3.63, 3.8) is 0 Å². The number of fused-ring (bicyclic) bond motifs is 2. The largest absolute Gasteiger partial charge is 0.480 e. The first-order valence-electron chi connectivity index (χ1n) is 10.2. The van der Waals surface area contributed by atoms with Gasteiger partial charge in [0.2, 0.25) is 5.91 Å². The third-order valence-corrected chi connectivity index (χ3v) is 8.06. The number of aliphatic imine (C=N–C) groups is 1. The lowest BCUT2D eigenvalue weighted by atomic mass is 9.87. The van der Waals surface area contributed by atoms with E-state index in [9.17, 15) is 14.7 Å². The fraction of sp³-hybridized carbons (Fsp3) is 0.500. The molecule has 8 heteroatoms. The summed E-state index contributed by atoms with van der Waals surface area (Å²) in [6.07, 6.45) is 0.876. The van der Waals surface area contributed by atoms with E-state index in [0.717, 1.165) is 34.2 Å². The van der Waals surface area contributed by atoms with E-state index in [1.807, 2.05) is 30.3 Å². The number of thioether (sulfide) groups is 2. The number of ether oxygens (including phenoxy) is 1. The molecule has 0 aliphatic carbocycles. The number of carbonyl (C=O) groups excluding carboxylic acids is 1. The van der Waals surface area contributed by atoms with E-state index in [0.29, 0.717) is 24.2 Å².